The summed E-state index contributed by atoms with van der Waals surface area (Å²) in [6.45, 7) is -0.875. The van der Waals surface area contributed by atoms with Crippen molar-refractivity contribution in [3.8, 4) is 11.5 Å². The highest BCUT2D eigenvalue weighted by molar-refractivity contribution is 5.86. The van der Waals surface area contributed by atoms with Crippen LogP contribution in [0.1, 0.15) is 31.7 Å². The van der Waals surface area contributed by atoms with E-state index in [0.29, 0.717) is 12.0 Å². The van der Waals surface area contributed by atoms with Gasteiger partial charge in [0, 0.05) is 13.6 Å². The van der Waals surface area contributed by atoms with Crippen LogP contribution in [-0.2, 0) is 11.3 Å². The number of benzene rings is 1. The number of ether oxygens (including phenoxy) is 2. The molecule has 1 unspecified atom stereocenters. The maximum Gasteiger partial charge on any atom is 0.387 e. The minimum absolute atomic E-state index is 0.112. The Kier molecular flexibility index (Phi) is 8.60. The molecule has 1 aromatic rings. The van der Waals surface area contributed by atoms with Crippen LogP contribution in [0.2, 0.25) is 0 Å². The van der Waals surface area contributed by atoms with Crippen LogP contribution in [0.25, 0.3) is 0 Å². The summed E-state index contributed by atoms with van der Waals surface area (Å²) < 4.78 is 34.4. The van der Waals surface area contributed by atoms with E-state index in [9.17, 15) is 18.4 Å². The maximum atomic E-state index is 12.6. The van der Waals surface area contributed by atoms with E-state index in [-0.39, 0.29) is 24.0 Å². The second kappa shape index (κ2) is 10.4. The van der Waals surface area contributed by atoms with Crippen molar-refractivity contribution in [2.24, 2.45) is 5.73 Å². The average molecular weight is 373 g/mol. The highest BCUT2D eigenvalue weighted by Gasteiger charge is 2.23. The number of hydrogen-bond donors (Lipinski definition) is 2. The second-order valence-electron chi connectivity index (χ2n) is 5.76. The Morgan fingerprint density at radius 1 is 1.31 bits per heavy atom. The number of likely N-dealkylation sites (N-methyl/N-ethyl adjacent to an activating group) is 1. The van der Waals surface area contributed by atoms with Gasteiger partial charge in [0.2, 0.25) is 5.91 Å². The highest BCUT2D eigenvalue weighted by atomic mass is 19.3. The molecule has 9 heteroatoms. The number of nitrogens with one attached hydrogen (secondary N) is 1. The molecule has 0 heterocycles. The largest absolute Gasteiger partial charge is 0.493 e. The third kappa shape index (κ3) is 6.73. The monoisotopic (exact) mass is 373 g/mol. The van der Waals surface area contributed by atoms with Crippen LogP contribution in [0.3, 0.4) is 0 Å². The van der Waals surface area contributed by atoms with E-state index in [1.807, 2.05) is 6.92 Å². The summed E-state index contributed by atoms with van der Waals surface area (Å²) in [6.07, 6.45) is 2.07. The van der Waals surface area contributed by atoms with Crippen LogP contribution in [0.5, 0.6) is 11.5 Å². The van der Waals surface area contributed by atoms with Crippen molar-refractivity contribution in [1.29, 1.82) is 0 Å². The molecule has 0 saturated heterocycles. The first-order chi connectivity index (χ1) is 12.3. The Hall–Kier alpha value is -2.58. The topological polar surface area (TPSA) is 93.9 Å². The number of amides is 3. The molecule has 3 amide bonds. The van der Waals surface area contributed by atoms with Crippen molar-refractivity contribution in [1.82, 2.24) is 10.2 Å². The summed E-state index contributed by atoms with van der Waals surface area (Å²) in [6, 6.07) is 3.01. The number of carbonyl (C=O) groups is 2. The number of alkyl halides is 2. The molecular formula is C17H25F2N3O4. The van der Waals surface area contributed by atoms with Gasteiger partial charge >= 0.3 is 12.6 Å². The molecular weight excluding hydrogens is 348 g/mol. The molecule has 1 rings (SSSR count). The lowest BCUT2D eigenvalue weighted by Gasteiger charge is -2.24. The Balaban J connectivity index is 2.87. The molecule has 0 aliphatic heterocycles. The van der Waals surface area contributed by atoms with E-state index in [0.717, 1.165) is 12.8 Å². The molecule has 0 aliphatic carbocycles. The zero-order valence-corrected chi connectivity index (χ0v) is 15.1. The molecule has 0 aliphatic rings. The number of nitrogens with zero attached hydrogens (tertiary/aromatic N) is 1. The standard InChI is InChI=1S/C17H25F2N3O4/c1-4-5-6-12(21-17(20)24)15(23)22(2)10-11-7-8-13(25-3)14(9-11)26-16(18)19/h7-9,12,16H,4-6,10H2,1-3H3,(H3,20,21,24). The highest BCUT2D eigenvalue weighted by Crippen LogP contribution is 2.29. The van der Waals surface area contributed by atoms with Crippen LogP contribution in [0.4, 0.5) is 13.6 Å². The van der Waals surface area contributed by atoms with Gasteiger partial charge in [-0.2, -0.15) is 8.78 Å². The molecule has 3 N–H and O–H groups in total. The van der Waals surface area contributed by atoms with Gasteiger partial charge in [0.05, 0.1) is 7.11 Å². The number of primary amides is 1. The predicted octanol–water partition coefficient (Wildman–Crippen LogP) is 2.48. The molecule has 0 bridgehead atoms. The minimum Gasteiger partial charge on any atom is -0.493 e. The lowest BCUT2D eigenvalue weighted by atomic mass is 10.1. The molecule has 0 spiro atoms. The van der Waals surface area contributed by atoms with Crippen molar-refractivity contribution in [3.63, 3.8) is 0 Å². The summed E-state index contributed by atoms with van der Waals surface area (Å²) in [4.78, 5) is 25.1. The lowest BCUT2D eigenvalue weighted by Crippen LogP contribution is -2.48. The summed E-state index contributed by atoms with van der Waals surface area (Å²) >= 11 is 0. The van der Waals surface area contributed by atoms with Gasteiger partial charge in [-0.25, -0.2) is 4.79 Å². The van der Waals surface area contributed by atoms with Crippen LogP contribution >= 0.6 is 0 Å². The molecule has 1 aromatic carbocycles. The Morgan fingerprint density at radius 2 is 2.00 bits per heavy atom. The average Bonchev–Trinajstić information content (AvgIpc) is 2.57. The van der Waals surface area contributed by atoms with E-state index >= 15 is 0 Å². The fraction of sp³-hybridized carbons (Fsp3) is 0.529. The van der Waals surface area contributed by atoms with Crippen molar-refractivity contribution in [2.45, 2.75) is 45.4 Å². The van der Waals surface area contributed by atoms with E-state index < -0.39 is 18.7 Å². The molecule has 7 nitrogen and oxygen atoms in total. The van der Waals surface area contributed by atoms with Crippen molar-refractivity contribution < 1.29 is 27.8 Å². The third-order valence-corrected chi connectivity index (χ3v) is 3.70. The van der Waals surface area contributed by atoms with Gasteiger partial charge in [-0.1, -0.05) is 25.8 Å². The number of hydrogen-bond acceptors (Lipinski definition) is 4. The number of nitrogens with two attached hydrogens (primary N) is 1. The number of methoxy groups -OCH3 is 1. The van der Waals surface area contributed by atoms with Crippen LogP contribution in [-0.4, -0.2) is 43.6 Å². The molecule has 146 valence electrons. The van der Waals surface area contributed by atoms with Gasteiger partial charge in [-0.3, -0.25) is 4.79 Å². The summed E-state index contributed by atoms with van der Waals surface area (Å²) in [7, 11) is 2.90. The van der Waals surface area contributed by atoms with Gasteiger partial charge < -0.3 is 25.4 Å². The van der Waals surface area contributed by atoms with Crippen LogP contribution in [0, 0.1) is 0 Å². The SMILES string of the molecule is CCCCC(NC(N)=O)C(=O)N(C)Cc1ccc(OC)c(OC(F)F)c1. The summed E-state index contributed by atoms with van der Waals surface area (Å²) in [5.41, 5.74) is 5.71. The van der Waals surface area contributed by atoms with Crippen LogP contribution in [0.15, 0.2) is 18.2 Å². The molecule has 1 atom stereocenters. The third-order valence-electron chi connectivity index (χ3n) is 3.70. The number of carbonyl (C=O) groups excluding carboxylic acids is 2. The molecule has 0 saturated carbocycles. The summed E-state index contributed by atoms with van der Waals surface area (Å²) in [5.74, 6) is -0.262. The van der Waals surface area contributed by atoms with Crippen molar-refractivity contribution >= 4 is 11.9 Å². The zero-order chi connectivity index (χ0) is 19.7. The number of rotatable bonds is 10. The van der Waals surface area contributed by atoms with E-state index in [1.165, 1.54) is 24.1 Å². The Labute approximate surface area is 151 Å². The second-order valence-corrected chi connectivity index (χ2v) is 5.76. The number of unbranched alkanes of at least 4 members (excludes halogenated alkanes) is 1. The van der Waals surface area contributed by atoms with E-state index in [2.05, 4.69) is 10.1 Å². The first kappa shape index (κ1) is 21.5. The minimum atomic E-state index is -2.99. The zero-order valence-electron chi connectivity index (χ0n) is 15.1. The summed E-state index contributed by atoms with van der Waals surface area (Å²) in [5, 5.41) is 2.44. The Morgan fingerprint density at radius 3 is 2.54 bits per heavy atom. The van der Waals surface area contributed by atoms with Crippen molar-refractivity contribution in [3.05, 3.63) is 23.8 Å². The smallest absolute Gasteiger partial charge is 0.387 e. The Bertz CT molecular complexity index is 614. The van der Waals surface area contributed by atoms with Gasteiger partial charge in [-0.15, -0.1) is 0 Å². The predicted molar refractivity (Wildman–Crippen MR) is 92.1 cm³/mol. The van der Waals surface area contributed by atoms with Gasteiger partial charge in [0.25, 0.3) is 0 Å². The molecule has 0 aromatic heterocycles. The fourth-order valence-corrected chi connectivity index (χ4v) is 2.46. The van der Waals surface area contributed by atoms with Gasteiger partial charge in [0.15, 0.2) is 11.5 Å². The van der Waals surface area contributed by atoms with E-state index in [1.54, 1.807) is 13.1 Å². The molecule has 26 heavy (non-hydrogen) atoms. The quantitative estimate of drug-likeness (QED) is 0.659. The molecule has 0 fully saturated rings. The van der Waals surface area contributed by atoms with Crippen LogP contribution < -0.4 is 20.5 Å². The van der Waals surface area contributed by atoms with Crippen molar-refractivity contribution in [2.75, 3.05) is 14.2 Å². The first-order valence-electron chi connectivity index (χ1n) is 8.21. The van der Waals surface area contributed by atoms with Gasteiger partial charge in [-0.05, 0) is 24.1 Å². The number of halogens is 2. The van der Waals surface area contributed by atoms with E-state index in [4.69, 9.17) is 10.5 Å². The fourth-order valence-electron chi connectivity index (χ4n) is 2.46. The first-order valence-corrected chi connectivity index (χ1v) is 8.21. The lowest BCUT2D eigenvalue weighted by molar-refractivity contribution is -0.132. The molecule has 0 radical (unpaired) electrons. The maximum absolute atomic E-state index is 12.6. The number of urea groups is 1. The normalized spacial score (nSPS) is 11.8. The van der Waals surface area contributed by atoms with Gasteiger partial charge in [0.1, 0.15) is 6.04 Å².